The van der Waals surface area contributed by atoms with Crippen LogP contribution in [0.1, 0.15) is 46.1 Å². The zero-order chi connectivity index (χ0) is 25.1. The van der Waals surface area contributed by atoms with Crippen LogP contribution in [0.25, 0.3) is 16.2 Å². The standard InChI is InChI=1S/C24H23N7O4S/c1-12-5-19(27-22-20(12)21(33)16(23(34)35)10-31(22)24-25-11-26-36-24)30-8-14(9-30)18(32)7-15-6-17(13-3-4-13)29(2)28-15/h5-6,10-11,13-14H,3-4,7-9H2,1-2H3,(H,34,35). The van der Waals surface area contributed by atoms with Crippen LogP contribution in [0.3, 0.4) is 0 Å². The van der Waals surface area contributed by atoms with E-state index in [2.05, 4.69) is 20.5 Å². The Morgan fingerprint density at radius 2 is 2.00 bits per heavy atom. The van der Waals surface area contributed by atoms with Gasteiger partial charge >= 0.3 is 5.97 Å². The first kappa shape index (κ1) is 22.5. The summed E-state index contributed by atoms with van der Waals surface area (Å²) >= 11 is 1.07. The van der Waals surface area contributed by atoms with Crippen molar-refractivity contribution in [2.45, 2.75) is 32.1 Å². The third-order valence-corrected chi connectivity index (χ3v) is 7.57. The predicted octanol–water partition coefficient (Wildman–Crippen LogP) is 2.10. The van der Waals surface area contributed by atoms with Gasteiger partial charge in [-0.05, 0) is 37.5 Å². The Morgan fingerprint density at radius 3 is 2.67 bits per heavy atom. The second-order valence-electron chi connectivity index (χ2n) is 9.47. The maximum atomic E-state index is 12.9. The number of carboxylic acid groups (broad SMARTS) is 1. The van der Waals surface area contributed by atoms with Crippen molar-refractivity contribution in [1.29, 1.82) is 0 Å². The summed E-state index contributed by atoms with van der Waals surface area (Å²) in [5.74, 6) is -0.0737. The minimum Gasteiger partial charge on any atom is -0.477 e. The minimum atomic E-state index is -1.31. The molecule has 11 nitrogen and oxygen atoms in total. The van der Waals surface area contributed by atoms with E-state index in [0.717, 1.165) is 17.2 Å². The number of ketones is 1. The number of hydrogen-bond donors (Lipinski definition) is 1. The van der Waals surface area contributed by atoms with Crippen molar-refractivity contribution in [2.75, 3.05) is 18.0 Å². The number of carboxylic acids is 1. The highest BCUT2D eigenvalue weighted by atomic mass is 32.1. The lowest BCUT2D eigenvalue weighted by atomic mass is 9.92. The molecular formula is C24H23N7O4S. The van der Waals surface area contributed by atoms with E-state index in [1.54, 1.807) is 13.0 Å². The van der Waals surface area contributed by atoms with E-state index >= 15 is 0 Å². The van der Waals surface area contributed by atoms with Crippen molar-refractivity contribution in [1.82, 2.24) is 28.7 Å². The smallest absolute Gasteiger partial charge is 0.341 e. The molecule has 6 rings (SSSR count). The van der Waals surface area contributed by atoms with E-state index in [1.807, 2.05) is 16.6 Å². The zero-order valence-electron chi connectivity index (χ0n) is 19.7. The molecule has 0 radical (unpaired) electrons. The molecular weight excluding hydrogens is 482 g/mol. The molecule has 0 amide bonds. The Bertz CT molecular complexity index is 1580. The highest BCUT2D eigenvalue weighted by molar-refractivity contribution is 7.08. The lowest BCUT2D eigenvalue weighted by molar-refractivity contribution is -0.123. The average molecular weight is 506 g/mol. The van der Waals surface area contributed by atoms with Crippen molar-refractivity contribution < 1.29 is 14.7 Å². The molecule has 0 bridgehead atoms. The molecule has 2 fully saturated rings. The van der Waals surface area contributed by atoms with Gasteiger partial charge in [0, 0.05) is 49.5 Å². The molecule has 2 aliphatic rings. The van der Waals surface area contributed by atoms with E-state index in [0.29, 0.717) is 47.6 Å². The number of aryl methyl sites for hydroxylation is 2. The topological polar surface area (TPSA) is 136 Å². The third kappa shape index (κ3) is 3.77. The lowest BCUT2D eigenvalue weighted by Crippen LogP contribution is -2.51. The molecule has 0 spiro atoms. The van der Waals surface area contributed by atoms with Crippen LogP contribution in [0, 0.1) is 12.8 Å². The molecule has 1 N–H and O–H groups in total. The van der Waals surface area contributed by atoms with Crippen molar-refractivity contribution >= 4 is 40.1 Å². The number of Topliss-reactive ketones (excluding diaryl/α,β-unsaturated/α-hetero) is 1. The van der Waals surface area contributed by atoms with Crippen LogP contribution in [0.4, 0.5) is 5.82 Å². The Labute approximate surface area is 209 Å². The summed E-state index contributed by atoms with van der Waals surface area (Å²) in [6.07, 6.45) is 5.30. The van der Waals surface area contributed by atoms with Gasteiger partial charge in [-0.25, -0.2) is 14.8 Å². The highest BCUT2D eigenvalue weighted by Crippen LogP contribution is 2.40. The first-order chi connectivity index (χ1) is 17.3. The normalized spacial score (nSPS) is 15.9. The summed E-state index contributed by atoms with van der Waals surface area (Å²) in [6, 6.07) is 3.82. The summed E-state index contributed by atoms with van der Waals surface area (Å²) in [5, 5.41) is 14.7. The number of fused-ring (bicyclic) bond motifs is 1. The Hall–Kier alpha value is -3.93. The van der Waals surface area contributed by atoms with Crippen molar-refractivity contribution in [3.63, 3.8) is 0 Å². The predicted molar refractivity (Wildman–Crippen MR) is 132 cm³/mol. The van der Waals surface area contributed by atoms with Gasteiger partial charge < -0.3 is 10.0 Å². The van der Waals surface area contributed by atoms with Gasteiger partial charge in [-0.2, -0.15) is 9.47 Å². The number of aromatic carboxylic acids is 1. The number of aromatic nitrogens is 6. The van der Waals surface area contributed by atoms with Crippen LogP contribution in [0.2, 0.25) is 0 Å². The SMILES string of the molecule is Cc1cc(N2CC(C(=O)Cc3cc(C4CC4)n(C)n3)C2)nc2c1c(=O)c(C(=O)O)cn2-c1ncns1. The van der Waals surface area contributed by atoms with Gasteiger partial charge in [0.2, 0.25) is 10.6 Å². The van der Waals surface area contributed by atoms with E-state index < -0.39 is 11.4 Å². The molecule has 1 saturated carbocycles. The van der Waals surface area contributed by atoms with Crippen LogP contribution < -0.4 is 10.3 Å². The average Bonchev–Trinajstić information content (AvgIpc) is 3.35. The Morgan fingerprint density at radius 1 is 1.22 bits per heavy atom. The van der Waals surface area contributed by atoms with Crippen LogP contribution in [0.5, 0.6) is 0 Å². The molecule has 1 aliphatic heterocycles. The molecule has 4 aromatic rings. The molecule has 0 aromatic carbocycles. The number of nitrogens with zero attached hydrogens (tertiary/aromatic N) is 7. The summed E-state index contributed by atoms with van der Waals surface area (Å²) < 4.78 is 7.38. The van der Waals surface area contributed by atoms with Crippen LogP contribution in [0.15, 0.2) is 29.5 Å². The van der Waals surface area contributed by atoms with Crippen molar-refractivity contribution in [3.8, 4) is 5.13 Å². The second-order valence-corrected chi connectivity index (χ2v) is 10.2. The molecule has 5 heterocycles. The molecule has 0 unspecified atom stereocenters. The van der Waals surface area contributed by atoms with Crippen LogP contribution in [-0.2, 0) is 18.3 Å². The quantitative estimate of drug-likeness (QED) is 0.400. The van der Waals surface area contributed by atoms with Gasteiger partial charge in [-0.3, -0.25) is 18.8 Å². The van der Waals surface area contributed by atoms with E-state index in [4.69, 9.17) is 4.98 Å². The maximum Gasteiger partial charge on any atom is 0.341 e. The fourth-order valence-corrected chi connectivity index (χ4v) is 5.30. The molecule has 36 heavy (non-hydrogen) atoms. The van der Waals surface area contributed by atoms with Crippen molar-refractivity contribution in [3.05, 3.63) is 57.4 Å². The lowest BCUT2D eigenvalue weighted by Gasteiger charge is -2.39. The number of carbonyl (C=O) groups is 2. The van der Waals surface area contributed by atoms with Crippen LogP contribution >= 0.6 is 11.5 Å². The van der Waals surface area contributed by atoms with Gasteiger partial charge in [-0.15, -0.1) is 0 Å². The molecule has 1 saturated heterocycles. The summed E-state index contributed by atoms with van der Waals surface area (Å²) in [4.78, 5) is 48.4. The van der Waals surface area contributed by atoms with Crippen LogP contribution in [-0.4, -0.2) is 58.6 Å². The Balaban J connectivity index is 1.27. The molecule has 12 heteroatoms. The first-order valence-corrected chi connectivity index (χ1v) is 12.5. The molecule has 1 aliphatic carbocycles. The molecule has 4 aromatic heterocycles. The zero-order valence-corrected chi connectivity index (χ0v) is 20.5. The maximum absolute atomic E-state index is 12.9. The number of rotatable bonds is 7. The van der Waals surface area contributed by atoms with Crippen molar-refractivity contribution in [2.24, 2.45) is 13.0 Å². The minimum absolute atomic E-state index is 0.117. The number of pyridine rings is 2. The van der Waals surface area contributed by atoms with Gasteiger partial charge in [0.25, 0.3) is 0 Å². The number of hydrogen-bond acceptors (Lipinski definition) is 9. The number of carbonyl (C=O) groups excluding carboxylic acids is 1. The van der Waals surface area contributed by atoms with E-state index in [1.165, 1.54) is 35.6 Å². The fraction of sp³-hybridized carbons (Fsp3) is 0.375. The highest BCUT2D eigenvalue weighted by Gasteiger charge is 2.35. The Kier molecular flexibility index (Phi) is 5.21. The third-order valence-electron chi connectivity index (χ3n) is 6.91. The second kappa shape index (κ2) is 8.33. The van der Waals surface area contributed by atoms with E-state index in [-0.39, 0.29) is 22.7 Å². The first-order valence-electron chi connectivity index (χ1n) is 11.7. The van der Waals surface area contributed by atoms with Gasteiger partial charge in [-0.1, -0.05) is 0 Å². The monoisotopic (exact) mass is 505 g/mol. The molecule has 184 valence electrons. The molecule has 0 atom stereocenters. The van der Waals surface area contributed by atoms with E-state index in [9.17, 15) is 19.5 Å². The number of anilines is 1. The van der Waals surface area contributed by atoms with Gasteiger partial charge in [0.1, 0.15) is 23.5 Å². The summed E-state index contributed by atoms with van der Waals surface area (Å²) in [7, 11) is 1.93. The fourth-order valence-electron chi connectivity index (χ4n) is 4.79. The summed E-state index contributed by atoms with van der Waals surface area (Å²) in [6.45, 7) is 2.80. The van der Waals surface area contributed by atoms with Gasteiger partial charge in [0.15, 0.2) is 5.65 Å². The van der Waals surface area contributed by atoms with Gasteiger partial charge in [0.05, 0.1) is 23.4 Å². The summed E-state index contributed by atoms with van der Waals surface area (Å²) in [5.41, 5.74) is 2.00. The largest absolute Gasteiger partial charge is 0.477 e.